The topological polar surface area (TPSA) is 56.1 Å². The monoisotopic (exact) mass is 251 g/mol. The molecule has 18 heavy (non-hydrogen) atoms. The van der Waals surface area contributed by atoms with Crippen molar-refractivity contribution >= 4 is 5.91 Å². The maximum absolute atomic E-state index is 12.2. The largest absolute Gasteiger partial charge is 0.353 e. The van der Waals surface area contributed by atoms with Crippen LogP contribution in [0.25, 0.3) is 0 Å². The zero-order chi connectivity index (χ0) is 13.4. The molecule has 1 aliphatic rings. The summed E-state index contributed by atoms with van der Waals surface area (Å²) in [6, 6.07) is 2.26. The second-order valence-corrected chi connectivity index (χ2v) is 5.04. The smallest absolute Gasteiger partial charge is 0.240 e. The van der Waals surface area contributed by atoms with Crippen LogP contribution in [-0.4, -0.2) is 37.0 Å². The number of amides is 1. The number of hydrogen-bond acceptors (Lipinski definition) is 3. The molecule has 1 fully saturated rings. The molecule has 0 atom stereocenters. The van der Waals surface area contributed by atoms with Crippen LogP contribution in [0.15, 0.2) is 0 Å². The van der Waals surface area contributed by atoms with Gasteiger partial charge in [-0.1, -0.05) is 33.1 Å². The van der Waals surface area contributed by atoms with Gasteiger partial charge in [0.2, 0.25) is 5.91 Å². The van der Waals surface area contributed by atoms with Crippen LogP contribution in [0.1, 0.15) is 46.0 Å². The molecule has 1 N–H and O–H groups in total. The van der Waals surface area contributed by atoms with Crippen LogP contribution in [-0.2, 0) is 4.79 Å². The summed E-state index contributed by atoms with van der Waals surface area (Å²) in [6.07, 6.45) is 4.59. The average molecular weight is 251 g/mol. The molecule has 0 saturated heterocycles. The van der Waals surface area contributed by atoms with Gasteiger partial charge in [-0.15, -0.1) is 0 Å². The lowest BCUT2D eigenvalue weighted by molar-refractivity contribution is -0.129. The fourth-order valence-corrected chi connectivity index (χ4v) is 2.58. The highest BCUT2D eigenvalue weighted by molar-refractivity contribution is 5.85. The molecular formula is C14H25N3O. The summed E-state index contributed by atoms with van der Waals surface area (Å²) in [4.78, 5) is 14.4. The average Bonchev–Trinajstić information content (AvgIpc) is 2.44. The molecule has 0 aromatic rings. The summed E-state index contributed by atoms with van der Waals surface area (Å²) in [7, 11) is 0. The van der Waals surface area contributed by atoms with Gasteiger partial charge < -0.3 is 10.2 Å². The number of hydrogen-bond donors (Lipinski definition) is 1. The Morgan fingerprint density at radius 1 is 1.28 bits per heavy atom. The summed E-state index contributed by atoms with van der Waals surface area (Å²) < 4.78 is 0. The molecule has 0 spiro atoms. The van der Waals surface area contributed by atoms with E-state index in [1.165, 1.54) is 0 Å². The first-order chi connectivity index (χ1) is 8.68. The molecule has 0 aromatic heterocycles. The lowest BCUT2D eigenvalue weighted by Gasteiger charge is -2.29. The zero-order valence-electron chi connectivity index (χ0n) is 11.7. The zero-order valence-corrected chi connectivity index (χ0v) is 11.7. The minimum atomic E-state index is -0.749. The van der Waals surface area contributed by atoms with Gasteiger partial charge in [0.1, 0.15) is 5.41 Å². The van der Waals surface area contributed by atoms with E-state index in [1.54, 1.807) is 0 Å². The van der Waals surface area contributed by atoms with Crippen molar-refractivity contribution in [1.82, 2.24) is 10.2 Å². The van der Waals surface area contributed by atoms with Crippen molar-refractivity contribution in [3.63, 3.8) is 0 Å². The Hall–Kier alpha value is -1.08. The maximum atomic E-state index is 12.2. The fraction of sp³-hybridized carbons (Fsp3) is 0.857. The lowest BCUT2D eigenvalue weighted by Crippen LogP contribution is -2.44. The molecule has 0 aromatic carbocycles. The number of likely N-dealkylation sites (N-methyl/N-ethyl adjacent to an activating group) is 1. The van der Waals surface area contributed by atoms with Crippen LogP contribution in [0.4, 0.5) is 0 Å². The summed E-state index contributed by atoms with van der Waals surface area (Å²) in [6.45, 7) is 7.72. The van der Waals surface area contributed by atoms with Crippen LogP contribution in [0, 0.1) is 16.7 Å². The van der Waals surface area contributed by atoms with Crippen LogP contribution in [0.5, 0.6) is 0 Å². The van der Waals surface area contributed by atoms with E-state index in [9.17, 15) is 10.1 Å². The molecule has 1 aliphatic carbocycles. The van der Waals surface area contributed by atoms with Gasteiger partial charge in [0.05, 0.1) is 6.07 Å². The number of rotatable bonds is 6. The van der Waals surface area contributed by atoms with Gasteiger partial charge in [0.25, 0.3) is 0 Å². The van der Waals surface area contributed by atoms with E-state index in [-0.39, 0.29) is 5.91 Å². The molecule has 1 saturated carbocycles. The van der Waals surface area contributed by atoms with E-state index in [2.05, 4.69) is 30.1 Å². The molecule has 0 unspecified atom stereocenters. The lowest BCUT2D eigenvalue weighted by atomic mass is 9.74. The highest BCUT2D eigenvalue weighted by Crippen LogP contribution is 2.35. The van der Waals surface area contributed by atoms with Crippen molar-refractivity contribution in [1.29, 1.82) is 5.26 Å². The Morgan fingerprint density at radius 3 is 2.39 bits per heavy atom. The van der Waals surface area contributed by atoms with Gasteiger partial charge in [0.15, 0.2) is 0 Å². The summed E-state index contributed by atoms with van der Waals surface area (Å²) in [5.41, 5.74) is -0.749. The quantitative estimate of drug-likeness (QED) is 0.784. The normalized spacial score (nSPS) is 18.3. The molecule has 0 aliphatic heterocycles. The molecule has 102 valence electrons. The number of carbonyl (C=O) groups excluding carboxylic acids is 1. The van der Waals surface area contributed by atoms with Crippen LogP contribution >= 0.6 is 0 Å². The van der Waals surface area contributed by atoms with E-state index in [1.807, 2.05) is 0 Å². The third kappa shape index (κ3) is 3.71. The minimum Gasteiger partial charge on any atom is -0.353 e. The highest BCUT2D eigenvalue weighted by atomic mass is 16.2. The van der Waals surface area contributed by atoms with Gasteiger partial charge >= 0.3 is 0 Å². The summed E-state index contributed by atoms with van der Waals surface area (Å²) >= 11 is 0. The van der Waals surface area contributed by atoms with Crippen molar-refractivity contribution < 1.29 is 4.79 Å². The molecule has 0 bridgehead atoms. The first kappa shape index (κ1) is 15.0. The molecule has 0 heterocycles. The SMILES string of the molecule is CCN(CC)CCNC(=O)C1(C#N)CCCCC1. The molecule has 0 radical (unpaired) electrons. The van der Waals surface area contributed by atoms with Crippen molar-refractivity contribution in [2.75, 3.05) is 26.2 Å². The van der Waals surface area contributed by atoms with Crippen LogP contribution in [0.3, 0.4) is 0 Å². The van der Waals surface area contributed by atoms with E-state index >= 15 is 0 Å². The fourth-order valence-electron chi connectivity index (χ4n) is 2.58. The van der Waals surface area contributed by atoms with E-state index in [0.717, 1.165) is 51.7 Å². The van der Waals surface area contributed by atoms with Crippen LogP contribution < -0.4 is 5.32 Å². The first-order valence-corrected chi connectivity index (χ1v) is 7.10. The molecule has 4 nitrogen and oxygen atoms in total. The third-order valence-corrected chi connectivity index (χ3v) is 3.96. The van der Waals surface area contributed by atoms with Crippen LogP contribution in [0.2, 0.25) is 0 Å². The van der Waals surface area contributed by atoms with Gasteiger partial charge in [-0.25, -0.2) is 0 Å². The Kier molecular flexibility index (Phi) is 6.14. The highest BCUT2D eigenvalue weighted by Gasteiger charge is 2.39. The number of carbonyl (C=O) groups is 1. The van der Waals surface area contributed by atoms with E-state index in [4.69, 9.17) is 0 Å². The third-order valence-electron chi connectivity index (χ3n) is 3.96. The predicted octanol–water partition coefficient (Wildman–Crippen LogP) is 1.92. The second kappa shape index (κ2) is 7.38. The molecule has 4 heteroatoms. The van der Waals surface area contributed by atoms with Crippen molar-refractivity contribution in [2.24, 2.45) is 5.41 Å². The summed E-state index contributed by atoms with van der Waals surface area (Å²) in [5.74, 6) is -0.0585. The first-order valence-electron chi connectivity index (χ1n) is 7.10. The second-order valence-electron chi connectivity index (χ2n) is 5.04. The van der Waals surface area contributed by atoms with Crippen molar-refractivity contribution in [3.05, 3.63) is 0 Å². The van der Waals surface area contributed by atoms with Gasteiger partial charge in [0, 0.05) is 13.1 Å². The van der Waals surface area contributed by atoms with Gasteiger partial charge in [-0.05, 0) is 25.9 Å². The molecular weight excluding hydrogens is 226 g/mol. The molecule has 1 rings (SSSR count). The minimum absolute atomic E-state index is 0.0585. The Balaban J connectivity index is 2.41. The predicted molar refractivity (Wildman–Crippen MR) is 71.9 cm³/mol. The maximum Gasteiger partial charge on any atom is 0.240 e. The summed E-state index contributed by atoms with van der Waals surface area (Å²) in [5, 5.41) is 12.2. The Labute approximate surface area is 110 Å². The Morgan fingerprint density at radius 2 is 1.89 bits per heavy atom. The Bertz CT molecular complexity index is 299. The number of nitriles is 1. The van der Waals surface area contributed by atoms with Gasteiger partial charge in [-0.3, -0.25) is 4.79 Å². The van der Waals surface area contributed by atoms with Gasteiger partial charge in [-0.2, -0.15) is 5.26 Å². The standard InChI is InChI=1S/C14H25N3O/c1-3-17(4-2)11-10-16-13(18)14(12-15)8-6-5-7-9-14/h3-11H2,1-2H3,(H,16,18). The van der Waals surface area contributed by atoms with Crippen molar-refractivity contribution in [3.8, 4) is 6.07 Å². The number of nitrogens with zero attached hydrogens (tertiary/aromatic N) is 2. The van der Waals surface area contributed by atoms with E-state index < -0.39 is 5.41 Å². The van der Waals surface area contributed by atoms with E-state index in [0.29, 0.717) is 6.54 Å². The molecule has 1 amide bonds. The number of nitrogens with one attached hydrogen (secondary N) is 1. The van der Waals surface area contributed by atoms with Crippen molar-refractivity contribution in [2.45, 2.75) is 46.0 Å².